The Morgan fingerprint density at radius 1 is 1.05 bits per heavy atom. The number of hydrogen-bond donors (Lipinski definition) is 1. The molecule has 1 aromatic carbocycles. The van der Waals surface area contributed by atoms with Crippen LogP contribution in [0.5, 0.6) is 5.75 Å². The first-order valence-electron chi connectivity index (χ1n) is 6.84. The summed E-state index contributed by atoms with van der Waals surface area (Å²) >= 11 is 0. The minimum absolute atomic E-state index is 0.0340. The van der Waals surface area contributed by atoms with E-state index >= 15 is 0 Å². The summed E-state index contributed by atoms with van der Waals surface area (Å²) < 4.78 is 5.81. The van der Waals surface area contributed by atoms with Crippen molar-refractivity contribution >= 4 is 17.0 Å². The minimum Gasteiger partial charge on any atom is -0.489 e. The highest BCUT2D eigenvalue weighted by Crippen LogP contribution is 2.13. The van der Waals surface area contributed by atoms with Crippen molar-refractivity contribution in [3.8, 4) is 5.75 Å². The van der Waals surface area contributed by atoms with Crippen molar-refractivity contribution in [2.24, 2.45) is 0 Å². The molecule has 0 radical (unpaired) electrons. The number of benzene rings is 1. The molecule has 1 unspecified atom stereocenters. The number of nitrogens with one attached hydrogen (secondary N) is 1. The number of aromatic nitrogens is 3. The lowest BCUT2D eigenvalue weighted by atomic mass is 10.3. The third-order valence-corrected chi connectivity index (χ3v) is 2.98. The van der Waals surface area contributed by atoms with Gasteiger partial charge in [0, 0.05) is 12.4 Å². The Balaban J connectivity index is 1.60. The molecular formula is C16H16N4O. The van der Waals surface area contributed by atoms with Gasteiger partial charge in [0.25, 0.3) is 0 Å². The Hall–Kier alpha value is -2.69. The van der Waals surface area contributed by atoms with Crippen LogP contribution in [0.2, 0.25) is 0 Å². The largest absolute Gasteiger partial charge is 0.489 e. The first-order valence-corrected chi connectivity index (χ1v) is 6.84. The Morgan fingerprint density at radius 2 is 1.86 bits per heavy atom. The topological polar surface area (TPSA) is 59.9 Å². The number of rotatable bonds is 5. The van der Waals surface area contributed by atoms with Crippen molar-refractivity contribution in [1.82, 2.24) is 15.0 Å². The Labute approximate surface area is 123 Å². The molecule has 3 rings (SSSR count). The number of anilines is 1. The number of nitrogens with zero attached hydrogens (tertiary/aromatic N) is 3. The van der Waals surface area contributed by atoms with Crippen LogP contribution in [0.25, 0.3) is 11.2 Å². The zero-order chi connectivity index (χ0) is 14.5. The highest BCUT2D eigenvalue weighted by Gasteiger charge is 2.05. The van der Waals surface area contributed by atoms with Crippen molar-refractivity contribution in [2.45, 2.75) is 13.0 Å². The van der Waals surface area contributed by atoms with E-state index in [4.69, 9.17) is 4.74 Å². The zero-order valence-electron chi connectivity index (χ0n) is 11.7. The molecule has 0 bridgehead atoms. The SMILES string of the molecule is CC(CNc1ccc2nccnc2n1)Oc1ccccc1. The van der Waals surface area contributed by atoms with Crippen LogP contribution in [-0.4, -0.2) is 27.6 Å². The van der Waals surface area contributed by atoms with Crippen LogP contribution in [0, 0.1) is 0 Å². The standard InChI is InChI=1S/C16H16N4O/c1-12(21-13-5-3-2-4-6-13)11-19-15-8-7-14-16(20-15)18-10-9-17-14/h2-10,12H,11H2,1H3,(H,18,19,20). The van der Waals surface area contributed by atoms with Gasteiger partial charge in [-0.2, -0.15) is 0 Å². The van der Waals surface area contributed by atoms with Crippen LogP contribution in [0.3, 0.4) is 0 Å². The van der Waals surface area contributed by atoms with Crippen molar-refractivity contribution in [3.05, 3.63) is 54.9 Å². The van der Waals surface area contributed by atoms with Gasteiger partial charge in [-0.25, -0.2) is 9.97 Å². The van der Waals surface area contributed by atoms with Gasteiger partial charge in [0.2, 0.25) is 0 Å². The lowest BCUT2D eigenvalue weighted by Crippen LogP contribution is -2.23. The monoisotopic (exact) mass is 280 g/mol. The van der Waals surface area contributed by atoms with Crippen LogP contribution in [0.15, 0.2) is 54.9 Å². The molecule has 0 aliphatic heterocycles. The van der Waals surface area contributed by atoms with Crippen LogP contribution in [0.4, 0.5) is 5.82 Å². The number of hydrogen-bond acceptors (Lipinski definition) is 5. The van der Waals surface area contributed by atoms with E-state index in [9.17, 15) is 0 Å². The molecule has 0 saturated heterocycles. The molecule has 5 heteroatoms. The van der Waals surface area contributed by atoms with E-state index in [-0.39, 0.29) is 6.10 Å². The molecule has 0 aliphatic carbocycles. The maximum absolute atomic E-state index is 5.81. The van der Waals surface area contributed by atoms with Crippen LogP contribution in [0.1, 0.15) is 6.92 Å². The van der Waals surface area contributed by atoms with Crippen LogP contribution in [-0.2, 0) is 0 Å². The Kier molecular flexibility index (Phi) is 3.91. The third kappa shape index (κ3) is 3.45. The van der Waals surface area contributed by atoms with Crippen molar-refractivity contribution in [3.63, 3.8) is 0 Å². The molecular weight excluding hydrogens is 264 g/mol. The maximum Gasteiger partial charge on any atom is 0.180 e. The maximum atomic E-state index is 5.81. The van der Waals surface area contributed by atoms with Gasteiger partial charge in [-0.05, 0) is 31.2 Å². The van der Waals surface area contributed by atoms with Crippen LogP contribution >= 0.6 is 0 Å². The summed E-state index contributed by atoms with van der Waals surface area (Å²) in [6.45, 7) is 2.68. The van der Waals surface area contributed by atoms with Gasteiger partial charge in [-0.15, -0.1) is 0 Å². The van der Waals surface area contributed by atoms with E-state index < -0.39 is 0 Å². The van der Waals surface area contributed by atoms with Gasteiger partial charge in [0.1, 0.15) is 23.2 Å². The lowest BCUT2D eigenvalue weighted by molar-refractivity contribution is 0.234. The molecule has 0 amide bonds. The zero-order valence-corrected chi connectivity index (χ0v) is 11.7. The molecule has 1 atom stereocenters. The summed E-state index contributed by atoms with van der Waals surface area (Å²) in [5, 5.41) is 3.25. The molecule has 0 spiro atoms. The highest BCUT2D eigenvalue weighted by molar-refractivity contribution is 5.71. The van der Waals surface area contributed by atoms with Crippen molar-refractivity contribution in [1.29, 1.82) is 0 Å². The number of ether oxygens (including phenoxy) is 1. The van der Waals surface area contributed by atoms with Crippen molar-refractivity contribution < 1.29 is 4.74 Å². The van der Waals surface area contributed by atoms with E-state index in [1.807, 2.05) is 49.4 Å². The van der Waals surface area contributed by atoms with Gasteiger partial charge in [-0.3, -0.25) is 4.98 Å². The molecule has 106 valence electrons. The molecule has 3 aromatic rings. The van der Waals surface area contributed by atoms with Gasteiger partial charge in [0.15, 0.2) is 5.65 Å². The van der Waals surface area contributed by atoms with Gasteiger partial charge < -0.3 is 10.1 Å². The summed E-state index contributed by atoms with van der Waals surface area (Å²) in [5.41, 5.74) is 1.43. The Morgan fingerprint density at radius 3 is 2.71 bits per heavy atom. The van der Waals surface area contributed by atoms with E-state index in [1.165, 1.54) is 0 Å². The second kappa shape index (κ2) is 6.17. The summed E-state index contributed by atoms with van der Waals surface area (Å²) in [7, 11) is 0. The second-order valence-corrected chi connectivity index (χ2v) is 4.72. The molecule has 5 nitrogen and oxygen atoms in total. The summed E-state index contributed by atoms with van der Waals surface area (Å²) in [5.74, 6) is 1.63. The van der Waals surface area contributed by atoms with E-state index in [0.29, 0.717) is 12.2 Å². The molecule has 2 heterocycles. The smallest absolute Gasteiger partial charge is 0.180 e. The predicted octanol–water partition coefficient (Wildman–Crippen LogP) is 2.90. The second-order valence-electron chi connectivity index (χ2n) is 4.72. The fraction of sp³-hybridized carbons (Fsp3) is 0.188. The molecule has 0 fully saturated rings. The number of pyridine rings is 1. The number of para-hydroxylation sites is 1. The average Bonchev–Trinajstić information content (AvgIpc) is 2.54. The fourth-order valence-corrected chi connectivity index (χ4v) is 1.97. The Bertz CT molecular complexity index is 718. The first kappa shape index (κ1) is 13.3. The average molecular weight is 280 g/mol. The normalized spacial score (nSPS) is 12.0. The van der Waals surface area contributed by atoms with Gasteiger partial charge >= 0.3 is 0 Å². The fourth-order valence-electron chi connectivity index (χ4n) is 1.97. The van der Waals surface area contributed by atoms with Gasteiger partial charge in [-0.1, -0.05) is 18.2 Å². The molecule has 21 heavy (non-hydrogen) atoms. The number of fused-ring (bicyclic) bond motifs is 1. The van der Waals surface area contributed by atoms with E-state index in [1.54, 1.807) is 12.4 Å². The highest BCUT2D eigenvalue weighted by atomic mass is 16.5. The molecule has 0 saturated carbocycles. The summed E-state index contributed by atoms with van der Waals surface area (Å²) in [4.78, 5) is 12.8. The van der Waals surface area contributed by atoms with Crippen molar-refractivity contribution in [2.75, 3.05) is 11.9 Å². The van der Waals surface area contributed by atoms with Crippen LogP contribution < -0.4 is 10.1 Å². The first-order chi connectivity index (χ1) is 10.3. The third-order valence-electron chi connectivity index (χ3n) is 2.98. The quantitative estimate of drug-likeness (QED) is 0.778. The van der Waals surface area contributed by atoms with E-state index in [2.05, 4.69) is 20.3 Å². The molecule has 2 aromatic heterocycles. The van der Waals surface area contributed by atoms with Gasteiger partial charge in [0.05, 0.1) is 6.54 Å². The molecule has 1 N–H and O–H groups in total. The molecule has 0 aliphatic rings. The lowest BCUT2D eigenvalue weighted by Gasteiger charge is -2.15. The summed E-state index contributed by atoms with van der Waals surface area (Å²) in [6.07, 6.45) is 3.33. The minimum atomic E-state index is 0.0340. The van der Waals surface area contributed by atoms with E-state index in [0.717, 1.165) is 17.1 Å². The predicted molar refractivity (Wildman–Crippen MR) is 82.4 cm³/mol. The summed E-state index contributed by atoms with van der Waals surface area (Å²) in [6, 6.07) is 13.6.